The summed E-state index contributed by atoms with van der Waals surface area (Å²) in [4.78, 5) is 23.4. The summed E-state index contributed by atoms with van der Waals surface area (Å²) in [7, 11) is 0. The number of piperazine rings is 1. The lowest BCUT2D eigenvalue weighted by Crippen LogP contribution is -2.47. The van der Waals surface area contributed by atoms with Crippen LogP contribution in [0, 0.1) is 0 Å². The fourth-order valence-electron chi connectivity index (χ4n) is 4.08. The number of anilines is 3. The van der Waals surface area contributed by atoms with E-state index in [1.54, 1.807) is 0 Å². The first-order chi connectivity index (χ1) is 16.7. The molecule has 0 amide bonds. The van der Waals surface area contributed by atoms with E-state index in [0.29, 0.717) is 13.2 Å². The van der Waals surface area contributed by atoms with Gasteiger partial charge in [0.2, 0.25) is 5.95 Å². The molecule has 9 nitrogen and oxygen atoms in total. The molecule has 0 saturated carbocycles. The summed E-state index contributed by atoms with van der Waals surface area (Å²) >= 11 is 0. The number of ether oxygens (including phenoxy) is 1. The zero-order valence-corrected chi connectivity index (χ0v) is 19.6. The molecule has 9 heteroatoms. The number of hydrogen-bond acceptors (Lipinski definition) is 8. The van der Waals surface area contributed by atoms with Gasteiger partial charge in [-0.05, 0) is 38.1 Å². The molecule has 1 saturated heterocycles. The Bertz CT molecular complexity index is 1200. The number of imidazole rings is 1. The number of nitrogens with one attached hydrogen (secondary N) is 1. The van der Waals surface area contributed by atoms with Crippen molar-refractivity contribution in [1.82, 2.24) is 24.5 Å². The van der Waals surface area contributed by atoms with E-state index < -0.39 is 0 Å². The Hall–Kier alpha value is -3.88. The summed E-state index contributed by atoms with van der Waals surface area (Å²) in [6, 6.07) is 16.1. The van der Waals surface area contributed by atoms with Crippen LogP contribution in [0.2, 0.25) is 0 Å². The van der Waals surface area contributed by atoms with Crippen molar-refractivity contribution in [2.24, 2.45) is 0 Å². The number of pyridine rings is 1. The van der Waals surface area contributed by atoms with E-state index in [1.807, 2.05) is 55.0 Å². The fourth-order valence-corrected chi connectivity index (χ4v) is 4.08. The lowest BCUT2D eigenvalue weighted by atomic mass is 10.3. The second-order valence-electron chi connectivity index (χ2n) is 8.54. The van der Waals surface area contributed by atoms with E-state index in [0.717, 1.165) is 60.7 Å². The zero-order chi connectivity index (χ0) is 23.3. The van der Waals surface area contributed by atoms with Gasteiger partial charge in [0, 0.05) is 38.4 Å². The van der Waals surface area contributed by atoms with E-state index in [-0.39, 0.29) is 6.04 Å². The predicted octanol–water partition coefficient (Wildman–Crippen LogP) is 3.62. The molecule has 1 aromatic carbocycles. The maximum Gasteiger partial charge on any atom is 0.229 e. The van der Waals surface area contributed by atoms with E-state index in [4.69, 9.17) is 14.7 Å². The van der Waals surface area contributed by atoms with Gasteiger partial charge in [-0.1, -0.05) is 24.3 Å². The highest BCUT2D eigenvalue weighted by atomic mass is 16.5. The molecule has 1 fully saturated rings. The fraction of sp³-hybridized carbons (Fsp3) is 0.360. The molecule has 0 radical (unpaired) electrons. The number of para-hydroxylation sites is 1. The second-order valence-corrected chi connectivity index (χ2v) is 8.54. The molecule has 1 N–H and O–H groups in total. The first-order valence-corrected chi connectivity index (χ1v) is 11.8. The summed E-state index contributed by atoms with van der Waals surface area (Å²) in [5.41, 5.74) is 1.63. The van der Waals surface area contributed by atoms with Crippen LogP contribution in [0.3, 0.4) is 0 Å². The maximum absolute atomic E-state index is 5.83. The molecule has 0 atom stereocenters. The Labute approximate surface area is 199 Å². The van der Waals surface area contributed by atoms with Crippen molar-refractivity contribution in [2.75, 3.05) is 54.4 Å². The highest BCUT2D eigenvalue weighted by molar-refractivity contribution is 5.84. The van der Waals surface area contributed by atoms with Crippen molar-refractivity contribution < 1.29 is 4.74 Å². The van der Waals surface area contributed by atoms with Crippen LogP contribution < -0.4 is 19.9 Å². The molecule has 0 bridgehead atoms. The van der Waals surface area contributed by atoms with Crippen LogP contribution in [0.1, 0.15) is 19.9 Å². The minimum Gasteiger partial charge on any atom is -0.492 e. The zero-order valence-electron chi connectivity index (χ0n) is 19.6. The van der Waals surface area contributed by atoms with Gasteiger partial charge in [0.1, 0.15) is 18.2 Å². The molecule has 176 valence electrons. The van der Waals surface area contributed by atoms with E-state index >= 15 is 0 Å². The second kappa shape index (κ2) is 9.94. The van der Waals surface area contributed by atoms with Gasteiger partial charge in [-0.2, -0.15) is 9.97 Å². The summed E-state index contributed by atoms with van der Waals surface area (Å²) in [6.45, 7) is 8.81. The molecule has 34 heavy (non-hydrogen) atoms. The molecule has 0 aliphatic carbocycles. The standard InChI is InChI=1S/C25H30N8O/c1-19(2)33-18-28-22-23(27-12-17-34-20-8-4-3-5-9-20)29-25(30-24(22)33)32-15-13-31(14-16-32)21-10-6-7-11-26-21/h3-11,18-19H,12-17H2,1-2H3,(H,27,29,30). The molecule has 3 aromatic heterocycles. The average Bonchev–Trinajstić information content (AvgIpc) is 3.32. The summed E-state index contributed by atoms with van der Waals surface area (Å²) < 4.78 is 7.92. The third-order valence-electron chi connectivity index (χ3n) is 5.91. The summed E-state index contributed by atoms with van der Waals surface area (Å²) in [5.74, 6) is 3.33. The van der Waals surface area contributed by atoms with Crippen molar-refractivity contribution >= 4 is 28.7 Å². The van der Waals surface area contributed by atoms with Gasteiger partial charge < -0.3 is 24.4 Å². The highest BCUT2D eigenvalue weighted by Gasteiger charge is 2.23. The van der Waals surface area contributed by atoms with Gasteiger partial charge in [0.15, 0.2) is 17.0 Å². The minimum absolute atomic E-state index is 0.253. The normalized spacial score (nSPS) is 14.1. The average molecular weight is 459 g/mol. The maximum atomic E-state index is 5.83. The Morgan fingerprint density at radius 3 is 2.41 bits per heavy atom. The molecule has 4 aromatic rings. The minimum atomic E-state index is 0.253. The van der Waals surface area contributed by atoms with E-state index in [9.17, 15) is 0 Å². The predicted molar refractivity (Wildman–Crippen MR) is 135 cm³/mol. The van der Waals surface area contributed by atoms with Crippen LogP contribution >= 0.6 is 0 Å². The van der Waals surface area contributed by atoms with Gasteiger partial charge in [-0.15, -0.1) is 0 Å². The van der Waals surface area contributed by atoms with Crippen LogP contribution in [0.15, 0.2) is 61.1 Å². The Morgan fingerprint density at radius 1 is 0.912 bits per heavy atom. The molecule has 1 aliphatic rings. The van der Waals surface area contributed by atoms with Gasteiger partial charge in [0.25, 0.3) is 0 Å². The van der Waals surface area contributed by atoms with Crippen molar-refractivity contribution in [1.29, 1.82) is 0 Å². The molecular weight excluding hydrogens is 428 g/mol. The Morgan fingerprint density at radius 2 is 1.68 bits per heavy atom. The van der Waals surface area contributed by atoms with Crippen LogP contribution in [0.4, 0.5) is 17.6 Å². The molecule has 0 spiro atoms. The summed E-state index contributed by atoms with van der Waals surface area (Å²) in [5, 5.41) is 3.43. The van der Waals surface area contributed by atoms with Crippen molar-refractivity contribution in [3.63, 3.8) is 0 Å². The van der Waals surface area contributed by atoms with Crippen molar-refractivity contribution in [3.8, 4) is 5.75 Å². The van der Waals surface area contributed by atoms with Gasteiger partial charge in [-0.3, -0.25) is 0 Å². The van der Waals surface area contributed by atoms with Crippen LogP contribution in [0.25, 0.3) is 11.2 Å². The van der Waals surface area contributed by atoms with Gasteiger partial charge in [0.05, 0.1) is 12.9 Å². The number of hydrogen-bond donors (Lipinski definition) is 1. The lowest BCUT2D eigenvalue weighted by Gasteiger charge is -2.35. The molecule has 0 unspecified atom stereocenters. The van der Waals surface area contributed by atoms with Crippen molar-refractivity contribution in [3.05, 3.63) is 61.1 Å². The molecular formula is C25H30N8O. The third-order valence-corrected chi connectivity index (χ3v) is 5.91. The van der Waals surface area contributed by atoms with Crippen LogP contribution in [-0.2, 0) is 0 Å². The molecule has 5 rings (SSSR count). The van der Waals surface area contributed by atoms with Gasteiger partial charge in [-0.25, -0.2) is 9.97 Å². The number of fused-ring (bicyclic) bond motifs is 1. The van der Waals surface area contributed by atoms with Gasteiger partial charge >= 0.3 is 0 Å². The number of rotatable bonds is 8. The lowest BCUT2D eigenvalue weighted by molar-refractivity contribution is 0.333. The monoisotopic (exact) mass is 458 g/mol. The quantitative estimate of drug-likeness (QED) is 0.401. The number of aromatic nitrogens is 5. The molecule has 1 aliphatic heterocycles. The van der Waals surface area contributed by atoms with E-state index in [2.05, 4.69) is 49.6 Å². The first kappa shape index (κ1) is 21.9. The first-order valence-electron chi connectivity index (χ1n) is 11.8. The highest BCUT2D eigenvalue weighted by Crippen LogP contribution is 2.26. The topological polar surface area (TPSA) is 84.2 Å². The Kier molecular flexibility index (Phi) is 6.42. The summed E-state index contributed by atoms with van der Waals surface area (Å²) in [6.07, 6.45) is 3.68. The van der Waals surface area contributed by atoms with Crippen LogP contribution in [-0.4, -0.2) is 63.8 Å². The number of benzene rings is 1. The van der Waals surface area contributed by atoms with Crippen LogP contribution in [0.5, 0.6) is 5.75 Å². The number of nitrogens with zero attached hydrogens (tertiary/aromatic N) is 7. The smallest absolute Gasteiger partial charge is 0.229 e. The Balaban J connectivity index is 1.33. The third kappa shape index (κ3) is 4.73. The SMILES string of the molecule is CC(C)n1cnc2c(NCCOc3ccccc3)nc(N3CCN(c4ccccn4)CC3)nc21. The largest absolute Gasteiger partial charge is 0.492 e. The molecule has 4 heterocycles. The van der Waals surface area contributed by atoms with Crippen molar-refractivity contribution in [2.45, 2.75) is 19.9 Å². The van der Waals surface area contributed by atoms with E-state index in [1.165, 1.54) is 0 Å².